The van der Waals surface area contributed by atoms with E-state index in [1.165, 1.54) is 12.3 Å². The predicted molar refractivity (Wildman–Crippen MR) is 103 cm³/mol. The first-order chi connectivity index (χ1) is 13.9. The normalized spacial score (nSPS) is 27.4. The van der Waals surface area contributed by atoms with Crippen LogP contribution in [0.4, 0.5) is 5.69 Å². The highest BCUT2D eigenvalue weighted by Gasteiger charge is 2.59. The number of rotatable bonds is 4. The molecular weight excluding hydrogens is 374 g/mol. The zero-order chi connectivity index (χ0) is 20.3. The molecule has 0 radical (unpaired) electrons. The van der Waals surface area contributed by atoms with Gasteiger partial charge in [-0.2, -0.15) is 10.1 Å². The van der Waals surface area contributed by atoms with Crippen molar-refractivity contribution in [3.8, 4) is 11.3 Å². The summed E-state index contributed by atoms with van der Waals surface area (Å²) >= 11 is 0. The van der Waals surface area contributed by atoms with Crippen LogP contribution in [-0.4, -0.2) is 28.0 Å². The standard InChI is InChI=1S/C21H17N3O5/c1-11-2-6-15(16(8-11)24(27)28)17-7-5-14(29-17)10-22-23-20(25)18-12-3-4-13(9-12)19(18)21(23)26/h2-8,10,12-13,18-19H,9H2,1H3/b22-10-/t12-,13-,18-,19-/m0/s1. The van der Waals surface area contributed by atoms with Crippen LogP contribution in [0, 0.1) is 40.7 Å². The van der Waals surface area contributed by atoms with Crippen molar-refractivity contribution in [2.45, 2.75) is 13.3 Å². The molecule has 2 bridgehead atoms. The number of allylic oxidation sites excluding steroid dienone is 2. The number of hydrazone groups is 1. The molecule has 3 aliphatic rings. The van der Waals surface area contributed by atoms with E-state index in [0.29, 0.717) is 17.1 Å². The maximum absolute atomic E-state index is 12.6. The number of nitrogens with zero attached hydrogens (tertiary/aromatic N) is 3. The highest BCUT2D eigenvalue weighted by atomic mass is 16.6. The fourth-order valence-corrected chi connectivity index (χ4v) is 4.68. The van der Waals surface area contributed by atoms with Gasteiger partial charge in [0.2, 0.25) is 0 Å². The first-order valence-electron chi connectivity index (χ1n) is 9.39. The van der Waals surface area contributed by atoms with E-state index in [4.69, 9.17) is 4.42 Å². The Labute approximate surface area is 165 Å². The van der Waals surface area contributed by atoms with Gasteiger partial charge in [0.15, 0.2) is 0 Å². The maximum Gasteiger partial charge on any atom is 0.280 e. The fourth-order valence-electron chi connectivity index (χ4n) is 4.68. The molecule has 1 aromatic heterocycles. The number of carbonyl (C=O) groups is 2. The molecule has 0 N–H and O–H groups in total. The van der Waals surface area contributed by atoms with Crippen molar-refractivity contribution < 1.29 is 18.9 Å². The quantitative estimate of drug-likeness (QED) is 0.261. The van der Waals surface area contributed by atoms with Gasteiger partial charge in [0.1, 0.15) is 11.5 Å². The van der Waals surface area contributed by atoms with Crippen LogP contribution in [-0.2, 0) is 9.59 Å². The first kappa shape index (κ1) is 17.5. The van der Waals surface area contributed by atoms with Gasteiger partial charge in [-0.1, -0.05) is 18.2 Å². The van der Waals surface area contributed by atoms with Gasteiger partial charge in [-0.3, -0.25) is 19.7 Å². The van der Waals surface area contributed by atoms with Crippen LogP contribution in [0.15, 0.2) is 52.0 Å². The molecule has 146 valence electrons. The molecule has 2 amide bonds. The Bertz CT molecular complexity index is 1090. The predicted octanol–water partition coefficient (Wildman–Crippen LogP) is 3.30. The number of furan rings is 1. The number of hydrogen-bond donors (Lipinski definition) is 0. The van der Waals surface area contributed by atoms with Crippen molar-refractivity contribution in [2.24, 2.45) is 28.8 Å². The average molecular weight is 391 g/mol. The lowest BCUT2D eigenvalue weighted by Crippen LogP contribution is -2.28. The molecule has 8 heteroatoms. The van der Waals surface area contributed by atoms with Crippen molar-refractivity contribution in [1.82, 2.24) is 5.01 Å². The number of fused-ring (bicyclic) bond motifs is 5. The Morgan fingerprint density at radius 3 is 2.48 bits per heavy atom. The second-order valence-electron chi connectivity index (χ2n) is 7.71. The molecule has 1 saturated heterocycles. The molecule has 2 heterocycles. The Balaban J connectivity index is 1.39. The lowest BCUT2D eigenvalue weighted by molar-refractivity contribution is -0.384. The van der Waals surface area contributed by atoms with Crippen LogP contribution in [0.2, 0.25) is 0 Å². The highest BCUT2D eigenvalue weighted by Crippen LogP contribution is 2.52. The van der Waals surface area contributed by atoms with Crippen molar-refractivity contribution in [2.75, 3.05) is 0 Å². The van der Waals surface area contributed by atoms with E-state index in [1.54, 1.807) is 31.2 Å². The summed E-state index contributed by atoms with van der Waals surface area (Å²) in [7, 11) is 0. The van der Waals surface area contributed by atoms with Crippen molar-refractivity contribution in [3.63, 3.8) is 0 Å². The Morgan fingerprint density at radius 1 is 1.14 bits per heavy atom. The molecule has 0 spiro atoms. The average Bonchev–Trinajstić information content (AvgIpc) is 3.46. The smallest absolute Gasteiger partial charge is 0.280 e. The Hall–Kier alpha value is -3.55. The molecule has 8 nitrogen and oxygen atoms in total. The van der Waals surface area contributed by atoms with Crippen LogP contribution in [0.3, 0.4) is 0 Å². The van der Waals surface area contributed by atoms with E-state index < -0.39 is 4.92 Å². The van der Waals surface area contributed by atoms with Gasteiger partial charge in [-0.05, 0) is 48.9 Å². The number of amides is 2. The Kier molecular flexibility index (Phi) is 3.77. The summed E-state index contributed by atoms with van der Waals surface area (Å²) in [5, 5.41) is 16.3. The fraction of sp³-hybridized carbons (Fsp3) is 0.286. The molecule has 0 unspecified atom stereocenters. The molecule has 29 heavy (non-hydrogen) atoms. The van der Waals surface area contributed by atoms with Crippen LogP contribution >= 0.6 is 0 Å². The highest BCUT2D eigenvalue weighted by molar-refractivity contribution is 6.06. The van der Waals surface area contributed by atoms with Crippen molar-refractivity contribution >= 4 is 23.7 Å². The van der Waals surface area contributed by atoms with E-state index in [1.807, 2.05) is 12.2 Å². The van der Waals surface area contributed by atoms with Gasteiger partial charge in [0.25, 0.3) is 17.5 Å². The first-order valence-corrected chi connectivity index (χ1v) is 9.39. The number of imide groups is 1. The lowest BCUT2D eigenvalue weighted by atomic mass is 9.85. The van der Waals surface area contributed by atoms with E-state index in [-0.39, 0.29) is 41.2 Å². The maximum atomic E-state index is 12.6. The summed E-state index contributed by atoms with van der Waals surface area (Å²) in [5.41, 5.74) is 1.07. The van der Waals surface area contributed by atoms with Gasteiger partial charge >= 0.3 is 0 Å². The van der Waals surface area contributed by atoms with Gasteiger partial charge in [0, 0.05) is 6.07 Å². The number of benzene rings is 1. The summed E-state index contributed by atoms with van der Waals surface area (Å²) in [6.07, 6.45) is 6.21. The number of carbonyl (C=O) groups excluding carboxylic acids is 2. The lowest BCUT2D eigenvalue weighted by Gasteiger charge is -2.13. The van der Waals surface area contributed by atoms with Gasteiger partial charge in [-0.25, -0.2) is 0 Å². The minimum Gasteiger partial charge on any atom is -0.455 e. The third-order valence-corrected chi connectivity index (χ3v) is 5.99. The van der Waals surface area contributed by atoms with Crippen molar-refractivity contribution in [3.05, 3.63) is 63.9 Å². The molecule has 5 rings (SSSR count). The molecule has 1 saturated carbocycles. The summed E-state index contributed by atoms with van der Waals surface area (Å²) in [5.74, 6) is -0.292. The third kappa shape index (κ3) is 2.63. The van der Waals surface area contributed by atoms with E-state index in [9.17, 15) is 19.7 Å². The van der Waals surface area contributed by atoms with Crippen LogP contribution in [0.5, 0.6) is 0 Å². The summed E-state index contributed by atoms with van der Waals surface area (Å²) < 4.78 is 5.66. The zero-order valence-corrected chi connectivity index (χ0v) is 15.5. The topological polar surface area (TPSA) is 106 Å². The number of hydrogen-bond acceptors (Lipinski definition) is 6. The third-order valence-electron chi connectivity index (χ3n) is 5.99. The summed E-state index contributed by atoms with van der Waals surface area (Å²) in [6, 6.07) is 8.07. The van der Waals surface area contributed by atoms with Gasteiger partial charge in [-0.15, -0.1) is 0 Å². The zero-order valence-electron chi connectivity index (χ0n) is 15.5. The van der Waals surface area contributed by atoms with Crippen LogP contribution in [0.1, 0.15) is 17.7 Å². The molecule has 2 fully saturated rings. The summed E-state index contributed by atoms with van der Waals surface area (Å²) in [4.78, 5) is 36.2. The molecule has 1 aliphatic heterocycles. The number of nitro groups is 1. The second kappa shape index (κ2) is 6.23. The molecule has 1 aromatic carbocycles. The van der Waals surface area contributed by atoms with Gasteiger partial charge in [0.05, 0.1) is 28.5 Å². The molecule has 2 aliphatic carbocycles. The minimum absolute atomic E-state index is 0.0523. The SMILES string of the molecule is Cc1ccc(-c2ccc(/C=N\N3C(=O)[C@@H]4[C@@H](C3=O)[C@H]3C=C[C@H]4C3)o2)c([N+](=O)[O-])c1. The molecular formula is C21H17N3O5. The largest absolute Gasteiger partial charge is 0.455 e. The minimum atomic E-state index is -0.457. The number of aryl methyl sites for hydroxylation is 1. The van der Waals surface area contributed by atoms with Gasteiger partial charge < -0.3 is 4.42 Å². The van der Waals surface area contributed by atoms with Crippen molar-refractivity contribution in [1.29, 1.82) is 0 Å². The molecule has 4 atom stereocenters. The Morgan fingerprint density at radius 2 is 1.83 bits per heavy atom. The molecule has 2 aromatic rings. The number of nitro benzene ring substituents is 1. The monoisotopic (exact) mass is 391 g/mol. The van der Waals surface area contributed by atoms with Crippen LogP contribution < -0.4 is 0 Å². The van der Waals surface area contributed by atoms with E-state index >= 15 is 0 Å². The second-order valence-corrected chi connectivity index (χ2v) is 7.71. The van der Waals surface area contributed by atoms with E-state index in [0.717, 1.165) is 17.0 Å². The summed E-state index contributed by atoms with van der Waals surface area (Å²) in [6.45, 7) is 1.78. The van der Waals surface area contributed by atoms with Crippen LogP contribution in [0.25, 0.3) is 11.3 Å². The van der Waals surface area contributed by atoms with E-state index in [2.05, 4.69) is 5.10 Å².